The van der Waals surface area contributed by atoms with Crippen LogP contribution >= 0.6 is 0 Å². The van der Waals surface area contributed by atoms with Gasteiger partial charge in [-0.25, -0.2) is 0 Å². The Morgan fingerprint density at radius 2 is 1.52 bits per heavy atom. The highest BCUT2D eigenvalue weighted by molar-refractivity contribution is 6.00. The van der Waals surface area contributed by atoms with Crippen LogP contribution in [-0.2, 0) is 0 Å². The summed E-state index contributed by atoms with van der Waals surface area (Å²) in [4.78, 5) is 13.3. The van der Waals surface area contributed by atoms with E-state index in [1.807, 2.05) is 52.8 Å². The van der Waals surface area contributed by atoms with Gasteiger partial charge in [0.05, 0.1) is 32.5 Å². The number of carbonyl (C=O) groups is 1. The molecule has 0 aliphatic heterocycles. The lowest BCUT2D eigenvalue weighted by atomic mass is 9.86. The van der Waals surface area contributed by atoms with Crippen molar-refractivity contribution >= 4 is 11.5 Å². The average molecular weight is 423 g/mol. The molecule has 0 saturated carbocycles. The van der Waals surface area contributed by atoms with Gasteiger partial charge in [0.1, 0.15) is 6.07 Å². The van der Waals surface area contributed by atoms with Crippen LogP contribution in [0.4, 0.5) is 0 Å². The molecule has 0 heterocycles. The number of benzene rings is 2. The summed E-state index contributed by atoms with van der Waals surface area (Å²) in [6.45, 7) is 9.82. The summed E-state index contributed by atoms with van der Waals surface area (Å²) in [5.74, 6) is 0.640. The molecule has 2 aromatic carbocycles. The van der Waals surface area contributed by atoms with Crippen molar-refractivity contribution in [3.63, 3.8) is 0 Å². The van der Waals surface area contributed by atoms with Gasteiger partial charge in [0, 0.05) is 11.1 Å². The maximum atomic E-state index is 13.3. The number of hydrogen-bond donors (Lipinski definition) is 1. The molecule has 0 aliphatic rings. The number of rotatable bonds is 6. The molecule has 0 fully saturated rings. The van der Waals surface area contributed by atoms with E-state index in [4.69, 9.17) is 14.2 Å². The Morgan fingerprint density at radius 3 is 1.97 bits per heavy atom. The first-order chi connectivity index (χ1) is 14.6. The highest BCUT2D eigenvalue weighted by atomic mass is 16.5. The fraction of sp³-hybridized carbons (Fsp3) is 0.360. The molecule has 1 N–H and O–H groups in total. The van der Waals surface area contributed by atoms with Crippen LogP contribution in [0.3, 0.4) is 0 Å². The predicted molar refractivity (Wildman–Crippen MR) is 121 cm³/mol. The molecule has 2 rings (SSSR count). The number of nitriles is 1. The SMILES string of the molecule is COc1ccc(C(=O)NC(=C(C#N)c2cc(C)cc(C)c2)C(C)(C)C)c(OC)c1OC. The van der Waals surface area contributed by atoms with Gasteiger partial charge in [0.2, 0.25) is 5.75 Å². The summed E-state index contributed by atoms with van der Waals surface area (Å²) < 4.78 is 16.1. The minimum atomic E-state index is -0.498. The largest absolute Gasteiger partial charge is 0.493 e. The number of aryl methyl sites for hydroxylation is 2. The first-order valence-electron chi connectivity index (χ1n) is 9.91. The maximum Gasteiger partial charge on any atom is 0.259 e. The zero-order valence-corrected chi connectivity index (χ0v) is 19.5. The fourth-order valence-electron chi connectivity index (χ4n) is 3.47. The summed E-state index contributed by atoms with van der Waals surface area (Å²) in [5, 5.41) is 13.0. The molecule has 2 aromatic rings. The monoisotopic (exact) mass is 422 g/mol. The average Bonchev–Trinajstić information content (AvgIpc) is 2.70. The highest BCUT2D eigenvalue weighted by Crippen LogP contribution is 2.40. The van der Waals surface area contributed by atoms with Crippen molar-refractivity contribution in [1.82, 2.24) is 5.32 Å². The smallest absolute Gasteiger partial charge is 0.259 e. The Bertz CT molecular complexity index is 1040. The van der Waals surface area contributed by atoms with E-state index in [1.54, 1.807) is 12.1 Å². The Kier molecular flexibility index (Phi) is 7.35. The van der Waals surface area contributed by atoms with Crippen LogP contribution < -0.4 is 19.5 Å². The molecule has 31 heavy (non-hydrogen) atoms. The maximum absolute atomic E-state index is 13.3. The molecule has 0 aromatic heterocycles. The van der Waals surface area contributed by atoms with Crippen molar-refractivity contribution < 1.29 is 19.0 Å². The van der Waals surface area contributed by atoms with E-state index in [0.717, 1.165) is 16.7 Å². The molecule has 6 heteroatoms. The Balaban J connectivity index is 2.64. The topological polar surface area (TPSA) is 80.6 Å². The standard InChI is InChI=1S/C25H30N2O4/c1-15-11-16(2)13-17(12-15)19(14-26)23(25(3,4)5)27-24(28)18-9-10-20(29-6)22(31-8)21(18)30-7/h9-13H,1-8H3,(H,27,28). The molecule has 0 saturated heterocycles. The molecule has 0 atom stereocenters. The van der Waals surface area contributed by atoms with Crippen LogP contribution in [0.5, 0.6) is 17.2 Å². The third-order valence-corrected chi connectivity index (χ3v) is 4.81. The molecular formula is C25H30N2O4. The highest BCUT2D eigenvalue weighted by Gasteiger charge is 2.27. The van der Waals surface area contributed by atoms with Gasteiger partial charge in [-0.05, 0) is 31.5 Å². The number of amides is 1. The third-order valence-electron chi connectivity index (χ3n) is 4.81. The Labute approximate surface area is 184 Å². The fourth-order valence-corrected chi connectivity index (χ4v) is 3.47. The van der Waals surface area contributed by atoms with Crippen molar-refractivity contribution in [3.05, 3.63) is 58.3 Å². The summed E-state index contributed by atoms with van der Waals surface area (Å²) in [5.41, 5.74) is 3.59. The third kappa shape index (κ3) is 5.18. The number of nitrogens with zero attached hydrogens (tertiary/aromatic N) is 1. The van der Waals surface area contributed by atoms with Gasteiger partial charge in [-0.15, -0.1) is 0 Å². The number of hydrogen-bond acceptors (Lipinski definition) is 5. The Morgan fingerprint density at radius 1 is 0.935 bits per heavy atom. The van der Waals surface area contributed by atoms with Crippen LogP contribution in [0.2, 0.25) is 0 Å². The molecule has 0 aliphatic carbocycles. The van der Waals surface area contributed by atoms with Gasteiger partial charge < -0.3 is 19.5 Å². The molecule has 6 nitrogen and oxygen atoms in total. The van der Waals surface area contributed by atoms with Gasteiger partial charge in [-0.1, -0.05) is 50.1 Å². The van der Waals surface area contributed by atoms with Crippen LogP contribution in [-0.4, -0.2) is 27.2 Å². The molecule has 0 bridgehead atoms. The van der Waals surface area contributed by atoms with Crippen molar-refractivity contribution in [2.75, 3.05) is 21.3 Å². The first-order valence-corrected chi connectivity index (χ1v) is 9.91. The minimum Gasteiger partial charge on any atom is -0.493 e. The molecule has 0 radical (unpaired) electrons. The van der Waals surface area contributed by atoms with Gasteiger partial charge in [0.25, 0.3) is 5.91 Å². The quantitative estimate of drug-likeness (QED) is 0.660. The van der Waals surface area contributed by atoms with E-state index in [1.165, 1.54) is 21.3 Å². The van der Waals surface area contributed by atoms with Gasteiger partial charge in [-0.2, -0.15) is 5.26 Å². The van der Waals surface area contributed by atoms with Crippen LogP contribution in [0, 0.1) is 30.6 Å². The lowest BCUT2D eigenvalue weighted by Gasteiger charge is -2.26. The molecule has 164 valence electrons. The van der Waals surface area contributed by atoms with Gasteiger partial charge in [-0.3, -0.25) is 4.79 Å². The molecule has 1 amide bonds. The van der Waals surface area contributed by atoms with E-state index < -0.39 is 11.3 Å². The normalized spacial score (nSPS) is 11.8. The van der Waals surface area contributed by atoms with E-state index in [9.17, 15) is 10.1 Å². The van der Waals surface area contributed by atoms with Crippen molar-refractivity contribution in [2.24, 2.45) is 5.41 Å². The summed E-state index contributed by atoms with van der Waals surface area (Å²) in [6, 6.07) is 11.5. The van der Waals surface area contributed by atoms with E-state index in [0.29, 0.717) is 22.8 Å². The van der Waals surface area contributed by atoms with Crippen LogP contribution in [0.15, 0.2) is 36.0 Å². The summed E-state index contributed by atoms with van der Waals surface area (Å²) in [6.07, 6.45) is 0. The molecule has 0 spiro atoms. The first kappa shape index (κ1) is 23.8. The van der Waals surface area contributed by atoms with Crippen molar-refractivity contribution in [2.45, 2.75) is 34.6 Å². The second-order valence-electron chi connectivity index (χ2n) is 8.32. The predicted octanol–water partition coefficient (Wildman–Crippen LogP) is 5.04. The number of nitrogens with one attached hydrogen (secondary N) is 1. The van der Waals surface area contributed by atoms with E-state index >= 15 is 0 Å². The van der Waals surface area contributed by atoms with Crippen molar-refractivity contribution in [1.29, 1.82) is 5.26 Å². The molecular weight excluding hydrogens is 392 g/mol. The Hall–Kier alpha value is -3.46. The summed E-state index contributed by atoms with van der Waals surface area (Å²) >= 11 is 0. The van der Waals surface area contributed by atoms with Gasteiger partial charge in [0.15, 0.2) is 11.5 Å². The van der Waals surface area contributed by atoms with E-state index in [2.05, 4.69) is 11.4 Å². The summed E-state index contributed by atoms with van der Waals surface area (Å²) in [7, 11) is 4.46. The zero-order chi connectivity index (χ0) is 23.3. The van der Waals surface area contributed by atoms with E-state index in [-0.39, 0.29) is 11.3 Å². The van der Waals surface area contributed by atoms with Gasteiger partial charge >= 0.3 is 0 Å². The van der Waals surface area contributed by atoms with Crippen LogP contribution in [0.25, 0.3) is 5.57 Å². The number of allylic oxidation sites excluding steroid dienone is 2. The second kappa shape index (κ2) is 9.57. The zero-order valence-electron chi connectivity index (χ0n) is 19.5. The van der Waals surface area contributed by atoms with Crippen LogP contribution in [0.1, 0.15) is 47.8 Å². The lowest BCUT2D eigenvalue weighted by molar-refractivity contribution is 0.0954. The number of ether oxygens (including phenoxy) is 3. The number of methoxy groups -OCH3 is 3. The minimum absolute atomic E-state index is 0.262. The lowest BCUT2D eigenvalue weighted by Crippen LogP contribution is -2.31. The number of carbonyl (C=O) groups excluding carboxylic acids is 1. The second-order valence-corrected chi connectivity index (χ2v) is 8.32. The van der Waals surface area contributed by atoms with Crippen molar-refractivity contribution in [3.8, 4) is 23.3 Å². The molecule has 0 unspecified atom stereocenters.